The molecule has 0 amide bonds. The molecule has 2 rings (SSSR count). The van der Waals surface area contributed by atoms with E-state index in [1.54, 1.807) is 18.2 Å². The largest absolute Gasteiger partial charge is 0.377 e. The van der Waals surface area contributed by atoms with Crippen LogP contribution in [0.4, 0.5) is 0 Å². The smallest absolute Gasteiger partial charge is 0.243 e. The average molecular weight is 312 g/mol. The molecule has 2 N–H and O–H groups in total. The van der Waals surface area contributed by atoms with E-state index in [1.165, 1.54) is 4.31 Å². The molecule has 0 aliphatic carbocycles. The molecule has 1 heterocycles. The summed E-state index contributed by atoms with van der Waals surface area (Å²) in [5.41, 5.74) is 6.86. The quantitative estimate of drug-likeness (QED) is 0.921. The first-order valence-electron chi connectivity index (χ1n) is 7.42. The van der Waals surface area contributed by atoms with Gasteiger partial charge in [0.2, 0.25) is 10.0 Å². The Hall–Kier alpha value is -0.950. The van der Waals surface area contributed by atoms with Gasteiger partial charge >= 0.3 is 0 Å². The number of sulfonamides is 1. The van der Waals surface area contributed by atoms with Crippen LogP contribution in [0.1, 0.15) is 38.3 Å². The van der Waals surface area contributed by atoms with Gasteiger partial charge in [-0.25, -0.2) is 8.42 Å². The molecule has 1 aliphatic heterocycles. The lowest BCUT2D eigenvalue weighted by atomic mass is 10.1. The molecular weight excluding hydrogens is 288 g/mol. The molecule has 1 aliphatic rings. The van der Waals surface area contributed by atoms with Crippen molar-refractivity contribution in [3.8, 4) is 0 Å². The van der Waals surface area contributed by atoms with Crippen molar-refractivity contribution >= 4 is 10.0 Å². The lowest BCUT2D eigenvalue weighted by molar-refractivity contribution is 0.0752. The Labute approximate surface area is 127 Å². The molecule has 0 radical (unpaired) electrons. The molecule has 0 aromatic heterocycles. The number of hydrogen-bond donors (Lipinski definition) is 1. The van der Waals surface area contributed by atoms with Crippen LogP contribution in [0.2, 0.25) is 0 Å². The first-order chi connectivity index (χ1) is 9.95. The van der Waals surface area contributed by atoms with Crippen molar-refractivity contribution < 1.29 is 13.2 Å². The SMILES string of the molecule is CCC(N)c1cccc(S(=O)(=O)N2CCCOC(C)C2)c1. The first kappa shape index (κ1) is 16.4. The van der Waals surface area contributed by atoms with E-state index >= 15 is 0 Å². The van der Waals surface area contributed by atoms with Gasteiger partial charge in [0.25, 0.3) is 0 Å². The molecule has 0 saturated carbocycles. The molecule has 6 heteroatoms. The van der Waals surface area contributed by atoms with Gasteiger partial charge in [-0.1, -0.05) is 19.1 Å². The van der Waals surface area contributed by atoms with Crippen LogP contribution < -0.4 is 5.73 Å². The average Bonchev–Trinajstić information content (AvgIpc) is 2.71. The third-order valence-corrected chi connectivity index (χ3v) is 5.64. The lowest BCUT2D eigenvalue weighted by Gasteiger charge is -2.22. The highest BCUT2D eigenvalue weighted by Gasteiger charge is 2.28. The van der Waals surface area contributed by atoms with E-state index in [0.29, 0.717) is 24.6 Å². The van der Waals surface area contributed by atoms with Gasteiger partial charge in [0.05, 0.1) is 11.0 Å². The summed E-state index contributed by atoms with van der Waals surface area (Å²) in [5, 5.41) is 0. The summed E-state index contributed by atoms with van der Waals surface area (Å²) in [6, 6.07) is 6.83. The predicted octanol–water partition coefficient (Wildman–Crippen LogP) is 1.90. The van der Waals surface area contributed by atoms with Crippen LogP contribution in [0.25, 0.3) is 0 Å². The van der Waals surface area contributed by atoms with Gasteiger partial charge in [0.15, 0.2) is 0 Å². The van der Waals surface area contributed by atoms with E-state index < -0.39 is 10.0 Å². The maximum Gasteiger partial charge on any atom is 0.243 e. The van der Waals surface area contributed by atoms with Crippen LogP contribution in [0.15, 0.2) is 29.2 Å². The van der Waals surface area contributed by atoms with Crippen molar-refractivity contribution in [1.29, 1.82) is 0 Å². The fourth-order valence-corrected chi connectivity index (χ4v) is 4.07. The monoisotopic (exact) mass is 312 g/mol. The molecule has 2 atom stereocenters. The molecule has 1 aromatic rings. The molecule has 118 valence electrons. The van der Waals surface area contributed by atoms with Crippen molar-refractivity contribution in [1.82, 2.24) is 4.31 Å². The second kappa shape index (κ2) is 6.87. The van der Waals surface area contributed by atoms with Crippen LogP contribution in [-0.4, -0.2) is 38.5 Å². The van der Waals surface area contributed by atoms with Gasteiger partial charge in [0, 0.05) is 25.7 Å². The van der Waals surface area contributed by atoms with Gasteiger partial charge < -0.3 is 10.5 Å². The molecule has 0 spiro atoms. The number of nitrogens with zero attached hydrogens (tertiary/aromatic N) is 1. The summed E-state index contributed by atoms with van der Waals surface area (Å²) in [5.74, 6) is 0. The predicted molar refractivity (Wildman–Crippen MR) is 82.5 cm³/mol. The maximum absolute atomic E-state index is 12.8. The summed E-state index contributed by atoms with van der Waals surface area (Å²) in [6.45, 7) is 5.38. The fraction of sp³-hybridized carbons (Fsp3) is 0.600. The molecule has 2 unspecified atom stereocenters. The van der Waals surface area contributed by atoms with E-state index in [-0.39, 0.29) is 12.1 Å². The number of nitrogens with two attached hydrogens (primary N) is 1. The topological polar surface area (TPSA) is 72.6 Å². The van der Waals surface area contributed by atoms with Crippen molar-refractivity contribution in [2.45, 2.75) is 43.7 Å². The summed E-state index contributed by atoms with van der Waals surface area (Å²) >= 11 is 0. The molecule has 1 saturated heterocycles. The summed E-state index contributed by atoms with van der Waals surface area (Å²) < 4.78 is 32.6. The zero-order valence-corrected chi connectivity index (χ0v) is 13.5. The lowest BCUT2D eigenvalue weighted by Crippen LogP contribution is -2.36. The second-order valence-corrected chi connectivity index (χ2v) is 7.42. The van der Waals surface area contributed by atoms with Crippen LogP contribution in [-0.2, 0) is 14.8 Å². The number of benzene rings is 1. The highest BCUT2D eigenvalue weighted by Crippen LogP contribution is 2.22. The van der Waals surface area contributed by atoms with Crippen molar-refractivity contribution in [3.63, 3.8) is 0 Å². The van der Waals surface area contributed by atoms with E-state index in [0.717, 1.165) is 18.4 Å². The minimum atomic E-state index is -3.48. The summed E-state index contributed by atoms with van der Waals surface area (Å²) in [4.78, 5) is 0.318. The molecular formula is C15H24N2O3S. The van der Waals surface area contributed by atoms with E-state index in [1.807, 2.05) is 19.9 Å². The summed E-state index contributed by atoms with van der Waals surface area (Å²) in [6.07, 6.45) is 1.42. The second-order valence-electron chi connectivity index (χ2n) is 5.49. The highest BCUT2D eigenvalue weighted by molar-refractivity contribution is 7.89. The normalized spacial score (nSPS) is 22.7. The standard InChI is InChI=1S/C15H24N2O3S/c1-3-15(16)13-6-4-7-14(10-13)21(18,19)17-8-5-9-20-12(2)11-17/h4,6-7,10,12,15H,3,5,8-9,11,16H2,1-2H3. The van der Waals surface area contributed by atoms with Crippen LogP contribution in [0, 0.1) is 0 Å². The third-order valence-electron chi connectivity index (χ3n) is 3.78. The van der Waals surface area contributed by atoms with Crippen molar-refractivity contribution in [3.05, 3.63) is 29.8 Å². The van der Waals surface area contributed by atoms with Crippen LogP contribution >= 0.6 is 0 Å². The Balaban J connectivity index is 2.30. The Bertz CT molecular complexity index is 574. The number of ether oxygens (including phenoxy) is 1. The maximum atomic E-state index is 12.8. The minimum Gasteiger partial charge on any atom is -0.377 e. The highest BCUT2D eigenvalue weighted by atomic mass is 32.2. The van der Waals surface area contributed by atoms with Gasteiger partial charge in [-0.2, -0.15) is 4.31 Å². The summed E-state index contributed by atoms with van der Waals surface area (Å²) in [7, 11) is -3.48. The fourth-order valence-electron chi connectivity index (χ4n) is 2.46. The molecule has 21 heavy (non-hydrogen) atoms. The Morgan fingerprint density at radius 1 is 1.48 bits per heavy atom. The van der Waals surface area contributed by atoms with Gasteiger partial charge in [-0.15, -0.1) is 0 Å². The molecule has 0 bridgehead atoms. The Morgan fingerprint density at radius 3 is 2.95 bits per heavy atom. The number of hydrogen-bond acceptors (Lipinski definition) is 4. The minimum absolute atomic E-state index is 0.0802. The van der Waals surface area contributed by atoms with Crippen molar-refractivity contribution in [2.75, 3.05) is 19.7 Å². The zero-order valence-electron chi connectivity index (χ0n) is 12.7. The first-order valence-corrected chi connectivity index (χ1v) is 8.86. The third kappa shape index (κ3) is 3.83. The molecule has 1 fully saturated rings. The number of rotatable bonds is 4. The molecule has 5 nitrogen and oxygen atoms in total. The molecule has 1 aromatic carbocycles. The Kier molecular flexibility index (Phi) is 5.37. The Morgan fingerprint density at radius 2 is 2.24 bits per heavy atom. The zero-order chi connectivity index (χ0) is 15.5. The van der Waals surface area contributed by atoms with Gasteiger partial charge in [-0.3, -0.25) is 0 Å². The van der Waals surface area contributed by atoms with E-state index in [9.17, 15) is 8.42 Å². The van der Waals surface area contributed by atoms with Gasteiger partial charge in [-0.05, 0) is 37.5 Å². The van der Waals surface area contributed by atoms with Gasteiger partial charge in [0.1, 0.15) is 0 Å². The van der Waals surface area contributed by atoms with Crippen molar-refractivity contribution in [2.24, 2.45) is 5.73 Å². The van der Waals surface area contributed by atoms with E-state index in [4.69, 9.17) is 10.5 Å². The van der Waals surface area contributed by atoms with Crippen LogP contribution in [0.3, 0.4) is 0 Å². The van der Waals surface area contributed by atoms with E-state index in [2.05, 4.69) is 0 Å². The van der Waals surface area contributed by atoms with Crippen LogP contribution in [0.5, 0.6) is 0 Å².